The minimum atomic E-state index is -0.585. The van der Waals surface area contributed by atoms with Crippen molar-refractivity contribution in [1.29, 1.82) is 0 Å². The van der Waals surface area contributed by atoms with Crippen molar-refractivity contribution in [3.63, 3.8) is 0 Å². The maximum Gasteiger partial charge on any atom is 0.385 e. The van der Waals surface area contributed by atoms with Crippen LogP contribution in [0.3, 0.4) is 0 Å². The average molecular weight is 480 g/mol. The summed E-state index contributed by atoms with van der Waals surface area (Å²) < 4.78 is 11.8. The molecule has 2 heterocycles. The molecule has 2 bridgehead atoms. The molecule has 29 heavy (non-hydrogen) atoms. The van der Waals surface area contributed by atoms with Gasteiger partial charge in [-0.3, -0.25) is 4.79 Å². The Hall–Kier alpha value is -1.91. The number of thiazole rings is 1. The second kappa shape index (κ2) is 11.9. The summed E-state index contributed by atoms with van der Waals surface area (Å²) in [6.07, 6.45) is 6.77. The van der Waals surface area contributed by atoms with E-state index in [0.717, 1.165) is 40.0 Å². The maximum absolute atomic E-state index is 12.1. The first-order chi connectivity index (χ1) is 13.8. The van der Waals surface area contributed by atoms with Crippen LogP contribution in [-0.4, -0.2) is 29.1 Å². The zero-order valence-electron chi connectivity index (χ0n) is 17.0. The van der Waals surface area contributed by atoms with Crippen LogP contribution in [0.25, 0.3) is 0 Å². The molecule has 0 fully saturated rings. The number of carbonyl (C=O) groups is 2. The molecule has 0 radical (unpaired) electrons. The lowest BCUT2D eigenvalue weighted by Gasteiger charge is -2.13. The highest BCUT2D eigenvalue weighted by molar-refractivity contribution is 9.11. The lowest BCUT2D eigenvalue weighted by Crippen LogP contribution is -2.17. The van der Waals surface area contributed by atoms with Crippen molar-refractivity contribution < 1.29 is 19.1 Å². The molecule has 1 aromatic rings. The van der Waals surface area contributed by atoms with E-state index >= 15 is 0 Å². The first kappa shape index (κ1) is 23.4. The molecule has 0 saturated heterocycles. The molecule has 1 aliphatic rings. The van der Waals surface area contributed by atoms with Crippen molar-refractivity contribution in [2.45, 2.75) is 71.5 Å². The van der Waals surface area contributed by atoms with Crippen LogP contribution in [0.1, 0.15) is 57.2 Å². The van der Waals surface area contributed by atoms with E-state index in [4.69, 9.17) is 9.47 Å². The Labute approximate surface area is 184 Å². The third-order valence-electron chi connectivity index (χ3n) is 4.15. The molecule has 7 heteroatoms. The summed E-state index contributed by atoms with van der Waals surface area (Å²) in [7, 11) is 0. The third-order valence-corrected chi connectivity index (χ3v) is 5.33. The van der Waals surface area contributed by atoms with Crippen LogP contribution in [0, 0.1) is 11.8 Å². The van der Waals surface area contributed by atoms with Gasteiger partial charge in [-0.05, 0) is 56.7 Å². The summed E-state index contributed by atoms with van der Waals surface area (Å²) in [5.41, 5.74) is 1.93. The van der Waals surface area contributed by atoms with E-state index in [0.29, 0.717) is 19.3 Å². The molecule has 156 valence electrons. The van der Waals surface area contributed by atoms with Crippen molar-refractivity contribution in [2.75, 3.05) is 0 Å². The quantitative estimate of drug-likeness (QED) is 0.325. The number of nitrogens with zero attached hydrogens (tertiary/aromatic N) is 1. The van der Waals surface area contributed by atoms with Crippen LogP contribution in [0.2, 0.25) is 0 Å². The Bertz CT molecular complexity index is 842. The number of ether oxygens (including phenoxy) is 2. The molecule has 0 spiro atoms. The number of allylic oxidation sites excluding steroid dienone is 2. The first-order valence-electron chi connectivity index (χ1n) is 9.66. The van der Waals surface area contributed by atoms with Gasteiger partial charge in [-0.1, -0.05) is 27.4 Å². The maximum atomic E-state index is 12.1. The Balaban J connectivity index is 2.18. The van der Waals surface area contributed by atoms with E-state index in [1.54, 1.807) is 17.4 Å². The highest BCUT2D eigenvalue weighted by Gasteiger charge is 2.15. The molecular weight excluding hydrogens is 454 g/mol. The predicted octanol–water partition coefficient (Wildman–Crippen LogP) is 4.89. The molecule has 0 saturated carbocycles. The molecule has 2 rings (SSSR count). The van der Waals surface area contributed by atoms with Crippen molar-refractivity contribution in [3.8, 4) is 11.8 Å². The summed E-state index contributed by atoms with van der Waals surface area (Å²) in [5.74, 6) is 4.46. The zero-order valence-corrected chi connectivity index (χ0v) is 19.4. The van der Waals surface area contributed by atoms with Gasteiger partial charge in [0.05, 0.1) is 10.7 Å². The standard InChI is InChI=1S/C22H26BrNO4S/c1-15-7-6-10-22(26)28-19(12-16(2)23)13-20-24-18(14-29-20)8-4-5-9-21(25)27-17(3)11-15/h7,12,14,17,19H,4-5,8-9,11,13H2,1-3H3/b15-7+,16-12-/t17-,19+/m0/s1. The smallest absolute Gasteiger partial charge is 0.385 e. The van der Waals surface area contributed by atoms with Crippen LogP contribution < -0.4 is 0 Å². The fraction of sp³-hybridized carbons (Fsp3) is 0.500. The van der Waals surface area contributed by atoms with Crippen molar-refractivity contribution in [2.24, 2.45) is 0 Å². The molecule has 0 unspecified atom stereocenters. The second-order valence-corrected chi connectivity index (χ2v) is 9.30. The number of hydrogen-bond acceptors (Lipinski definition) is 6. The Morgan fingerprint density at radius 3 is 2.79 bits per heavy atom. The van der Waals surface area contributed by atoms with E-state index in [-0.39, 0.29) is 12.1 Å². The number of halogens is 1. The fourth-order valence-corrected chi connectivity index (χ4v) is 4.09. The number of rotatable bonds is 1. The predicted molar refractivity (Wildman–Crippen MR) is 118 cm³/mol. The highest BCUT2D eigenvalue weighted by Crippen LogP contribution is 2.18. The minimum Gasteiger partial charge on any atom is -0.462 e. The molecule has 1 aromatic heterocycles. The van der Waals surface area contributed by atoms with Gasteiger partial charge >= 0.3 is 11.9 Å². The van der Waals surface area contributed by atoms with Crippen LogP contribution in [0.5, 0.6) is 0 Å². The molecule has 2 atom stereocenters. The molecule has 0 amide bonds. The number of aromatic nitrogens is 1. The van der Waals surface area contributed by atoms with Gasteiger partial charge in [0, 0.05) is 30.6 Å². The van der Waals surface area contributed by atoms with Crippen LogP contribution in [0.15, 0.2) is 27.6 Å². The number of cyclic esters (lactones) is 2. The molecule has 1 aliphatic heterocycles. The van der Waals surface area contributed by atoms with Gasteiger partial charge in [0.2, 0.25) is 0 Å². The zero-order chi connectivity index (χ0) is 21.2. The molecular formula is C22H26BrNO4S. The van der Waals surface area contributed by atoms with Gasteiger partial charge in [-0.2, -0.15) is 0 Å². The van der Waals surface area contributed by atoms with Gasteiger partial charge in [-0.15, -0.1) is 11.3 Å². The first-order valence-corrected chi connectivity index (χ1v) is 11.3. The van der Waals surface area contributed by atoms with E-state index in [9.17, 15) is 9.59 Å². The Morgan fingerprint density at radius 2 is 2.03 bits per heavy atom. The normalized spacial score (nSPS) is 24.6. The van der Waals surface area contributed by atoms with Gasteiger partial charge < -0.3 is 9.47 Å². The van der Waals surface area contributed by atoms with Crippen LogP contribution in [0.4, 0.5) is 0 Å². The summed E-state index contributed by atoms with van der Waals surface area (Å²) in [6.45, 7) is 5.64. The van der Waals surface area contributed by atoms with Crippen LogP contribution in [-0.2, 0) is 31.9 Å². The highest BCUT2D eigenvalue weighted by atomic mass is 79.9. The van der Waals surface area contributed by atoms with Gasteiger partial charge in [0.1, 0.15) is 12.2 Å². The van der Waals surface area contributed by atoms with E-state index in [1.807, 2.05) is 32.2 Å². The molecule has 5 nitrogen and oxygen atoms in total. The number of esters is 2. The summed E-state index contributed by atoms with van der Waals surface area (Å²) in [4.78, 5) is 28.7. The fourth-order valence-electron chi connectivity index (χ4n) is 2.92. The van der Waals surface area contributed by atoms with Crippen molar-refractivity contribution in [3.05, 3.63) is 38.3 Å². The summed E-state index contributed by atoms with van der Waals surface area (Å²) in [5, 5.41) is 2.92. The number of carbonyl (C=O) groups excluding carboxylic acids is 2. The van der Waals surface area contributed by atoms with Gasteiger partial charge in [0.25, 0.3) is 0 Å². The third kappa shape index (κ3) is 9.42. The topological polar surface area (TPSA) is 65.5 Å². The number of hydrogen-bond donors (Lipinski definition) is 0. The number of fused-ring (bicyclic) bond motifs is 2. The van der Waals surface area contributed by atoms with Crippen LogP contribution >= 0.6 is 27.3 Å². The lowest BCUT2D eigenvalue weighted by atomic mass is 10.1. The SMILES string of the molecule is C/C(Br)=C/[C@@H]1Cc2nc(cs2)CCCCC(=O)O[C@@H](C)C/C(C)=C/C#CC(=O)O1. The largest absolute Gasteiger partial charge is 0.462 e. The monoisotopic (exact) mass is 479 g/mol. The minimum absolute atomic E-state index is 0.184. The number of aryl methyl sites for hydroxylation is 1. The van der Waals surface area contributed by atoms with E-state index in [2.05, 4.69) is 32.8 Å². The van der Waals surface area contributed by atoms with Crippen molar-refractivity contribution >= 4 is 39.2 Å². The Kier molecular flexibility index (Phi) is 9.62. The summed E-state index contributed by atoms with van der Waals surface area (Å²) >= 11 is 4.95. The van der Waals surface area contributed by atoms with Crippen molar-refractivity contribution in [1.82, 2.24) is 4.98 Å². The summed E-state index contributed by atoms with van der Waals surface area (Å²) in [6, 6.07) is 0. The molecule has 0 aliphatic carbocycles. The van der Waals surface area contributed by atoms with E-state index < -0.39 is 12.1 Å². The molecule has 0 aromatic carbocycles. The lowest BCUT2D eigenvalue weighted by molar-refractivity contribution is -0.148. The van der Waals surface area contributed by atoms with Gasteiger partial charge in [0.15, 0.2) is 0 Å². The van der Waals surface area contributed by atoms with Gasteiger partial charge in [-0.25, -0.2) is 9.78 Å². The molecule has 0 N–H and O–H groups in total. The van der Waals surface area contributed by atoms with E-state index in [1.165, 1.54) is 0 Å². The average Bonchev–Trinajstić information content (AvgIpc) is 3.04. The second-order valence-electron chi connectivity index (χ2n) is 7.11. The Morgan fingerprint density at radius 1 is 1.28 bits per heavy atom.